The predicted molar refractivity (Wildman–Crippen MR) is 134 cm³/mol. The number of carbonyl (C=O) groups excluding carboxylic acids is 1. The fourth-order valence-electron chi connectivity index (χ4n) is 3.09. The van der Waals surface area contributed by atoms with Gasteiger partial charge in [-0.15, -0.1) is 11.3 Å². The summed E-state index contributed by atoms with van der Waals surface area (Å²) < 4.78 is 23.8. The summed E-state index contributed by atoms with van der Waals surface area (Å²) >= 11 is 1.62. The normalized spacial score (nSPS) is 11.7. The fraction of sp³-hybridized carbons (Fsp3) is 0.0417. The minimum atomic E-state index is -3.83. The molecule has 1 amide bonds. The first-order valence-corrected chi connectivity index (χ1v) is 12.4. The molecule has 0 bridgehead atoms. The highest BCUT2D eigenvalue weighted by atomic mass is 32.2. The van der Waals surface area contributed by atoms with Crippen molar-refractivity contribution in [3.05, 3.63) is 84.1 Å². The molecule has 4 N–H and O–H groups in total. The van der Waals surface area contributed by atoms with Gasteiger partial charge in [-0.05, 0) is 73.2 Å². The molecule has 34 heavy (non-hydrogen) atoms. The lowest BCUT2D eigenvalue weighted by Crippen LogP contribution is -2.15. The van der Waals surface area contributed by atoms with Crippen LogP contribution < -0.4 is 15.8 Å². The lowest BCUT2D eigenvalue weighted by atomic mass is 10.2. The second-order valence-corrected chi connectivity index (χ2v) is 10.00. The monoisotopic (exact) mass is 489 g/mol. The maximum Gasteiger partial charge on any atom is 0.267 e. The van der Waals surface area contributed by atoms with Crippen molar-refractivity contribution in [1.82, 2.24) is 4.98 Å². The van der Waals surface area contributed by atoms with E-state index in [4.69, 9.17) is 5.14 Å². The number of fused-ring (bicyclic) bond motifs is 1. The third-order valence-corrected chi connectivity index (χ3v) is 6.86. The molecule has 0 fully saturated rings. The van der Waals surface area contributed by atoms with Gasteiger partial charge in [-0.2, -0.15) is 5.26 Å². The number of anilines is 2. The smallest absolute Gasteiger partial charge is 0.267 e. The van der Waals surface area contributed by atoms with E-state index in [1.165, 1.54) is 36.0 Å². The van der Waals surface area contributed by atoms with Crippen molar-refractivity contribution in [1.29, 1.82) is 5.26 Å². The molecule has 10 heteroatoms. The summed E-state index contributed by atoms with van der Waals surface area (Å²) in [5, 5.41) is 20.8. The summed E-state index contributed by atoms with van der Waals surface area (Å²) in [6.45, 7) is 2.05. The lowest BCUT2D eigenvalue weighted by Gasteiger charge is -2.06. The quantitative estimate of drug-likeness (QED) is 0.271. The largest absolute Gasteiger partial charge is 0.360 e. The summed E-state index contributed by atoms with van der Waals surface area (Å²) in [4.78, 5) is 17.0. The molecule has 1 aromatic heterocycles. The van der Waals surface area contributed by atoms with Gasteiger partial charge in [-0.1, -0.05) is 6.07 Å². The van der Waals surface area contributed by atoms with Gasteiger partial charge in [0.15, 0.2) is 0 Å². The second-order valence-electron chi connectivity index (χ2n) is 7.41. The van der Waals surface area contributed by atoms with Gasteiger partial charge in [-0.3, -0.25) is 4.79 Å². The van der Waals surface area contributed by atoms with Gasteiger partial charge in [0.05, 0.1) is 15.1 Å². The van der Waals surface area contributed by atoms with Crippen molar-refractivity contribution < 1.29 is 13.2 Å². The highest BCUT2D eigenvalue weighted by Crippen LogP contribution is 2.31. The number of primary sulfonamides is 1. The van der Waals surface area contributed by atoms with Crippen LogP contribution in [0.1, 0.15) is 5.56 Å². The molecule has 0 saturated heterocycles. The summed E-state index contributed by atoms with van der Waals surface area (Å²) in [6.07, 6.45) is 1.31. The summed E-state index contributed by atoms with van der Waals surface area (Å²) in [5.41, 5.74) is 3.98. The highest BCUT2D eigenvalue weighted by molar-refractivity contribution is 7.89. The first-order valence-electron chi connectivity index (χ1n) is 10.0. The van der Waals surface area contributed by atoms with E-state index in [1.54, 1.807) is 11.3 Å². The summed E-state index contributed by atoms with van der Waals surface area (Å²) in [6, 6.07) is 20.8. The van der Waals surface area contributed by atoms with E-state index in [-0.39, 0.29) is 10.5 Å². The molecule has 4 aromatic rings. The minimum absolute atomic E-state index is 0.0763. The number of nitrogens with one attached hydrogen (secondary N) is 2. The average Bonchev–Trinajstić information content (AvgIpc) is 3.23. The Balaban J connectivity index is 1.43. The molecule has 0 atom stereocenters. The molecule has 0 aliphatic rings. The molecule has 1 heterocycles. The molecule has 8 nitrogen and oxygen atoms in total. The van der Waals surface area contributed by atoms with Crippen LogP contribution in [-0.4, -0.2) is 19.3 Å². The number of benzene rings is 3. The van der Waals surface area contributed by atoms with Crippen molar-refractivity contribution in [2.45, 2.75) is 11.8 Å². The second kappa shape index (κ2) is 9.44. The molecule has 0 spiro atoms. The van der Waals surface area contributed by atoms with Crippen LogP contribution in [0.3, 0.4) is 0 Å². The predicted octanol–water partition coefficient (Wildman–Crippen LogP) is 4.38. The molecule has 0 aliphatic heterocycles. The molecule has 0 aliphatic carbocycles. The Morgan fingerprint density at radius 3 is 2.38 bits per heavy atom. The topological polar surface area (TPSA) is 138 Å². The first-order chi connectivity index (χ1) is 16.2. The Kier molecular flexibility index (Phi) is 6.43. The van der Waals surface area contributed by atoms with Crippen molar-refractivity contribution >= 4 is 48.9 Å². The Hall–Kier alpha value is -4.04. The van der Waals surface area contributed by atoms with Gasteiger partial charge in [0.1, 0.15) is 16.6 Å². The molecular formula is C24H19N5O3S2. The number of thiazole rings is 1. The molecule has 3 aromatic carbocycles. The Bertz CT molecular complexity index is 1550. The Labute approximate surface area is 200 Å². The minimum Gasteiger partial charge on any atom is -0.360 e. The number of sulfonamides is 1. The number of hydrogen-bond donors (Lipinski definition) is 3. The molecule has 170 valence electrons. The van der Waals surface area contributed by atoms with E-state index in [1.807, 2.05) is 49.4 Å². The van der Waals surface area contributed by atoms with Crippen molar-refractivity contribution in [3.63, 3.8) is 0 Å². The number of nitriles is 1. The van der Waals surface area contributed by atoms with Crippen molar-refractivity contribution in [3.8, 4) is 16.6 Å². The standard InChI is InChI=1S/C24H19N5O3S2/c1-15-2-11-21-22(12-15)33-24(29-21)16-3-5-18(6-4-16)27-14-17(13-25)23(30)28-19-7-9-20(10-8-19)34(26,31)32/h2-12,14,27H,1H3,(H,28,30)(H2,26,31,32)/b17-14-. The van der Waals surface area contributed by atoms with Crippen LogP contribution >= 0.6 is 11.3 Å². The van der Waals surface area contributed by atoms with Crippen LogP contribution in [0.4, 0.5) is 11.4 Å². The number of nitrogens with zero attached hydrogens (tertiary/aromatic N) is 2. The van der Waals surface area contributed by atoms with E-state index < -0.39 is 15.9 Å². The molecule has 4 rings (SSSR count). The van der Waals surface area contributed by atoms with Gasteiger partial charge in [0, 0.05) is 23.1 Å². The summed E-state index contributed by atoms with van der Waals surface area (Å²) in [7, 11) is -3.83. The number of aromatic nitrogens is 1. The fourth-order valence-corrected chi connectivity index (χ4v) is 4.68. The Morgan fingerprint density at radius 1 is 1.06 bits per heavy atom. The van der Waals surface area contributed by atoms with Gasteiger partial charge in [-0.25, -0.2) is 18.5 Å². The number of amides is 1. The van der Waals surface area contributed by atoms with E-state index in [2.05, 4.69) is 21.7 Å². The van der Waals surface area contributed by atoms with E-state index >= 15 is 0 Å². The van der Waals surface area contributed by atoms with E-state index in [0.717, 1.165) is 20.8 Å². The maximum absolute atomic E-state index is 12.4. The van der Waals surface area contributed by atoms with Crippen LogP contribution in [-0.2, 0) is 14.8 Å². The van der Waals surface area contributed by atoms with Crippen molar-refractivity contribution in [2.75, 3.05) is 10.6 Å². The zero-order valence-corrected chi connectivity index (χ0v) is 19.6. The molecule has 0 unspecified atom stereocenters. The SMILES string of the molecule is Cc1ccc2nc(-c3ccc(N/C=C(/C#N)C(=O)Nc4ccc(S(N)(=O)=O)cc4)cc3)sc2c1. The number of rotatable bonds is 6. The average molecular weight is 490 g/mol. The highest BCUT2D eigenvalue weighted by Gasteiger charge is 2.12. The maximum atomic E-state index is 12.4. The third kappa shape index (κ3) is 5.29. The lowest BCUT2D eigenvalue weighted by molar-refractivity contribution is -0.112. The number of aryl methyl sites for hydroxylation is 1. The third-order valence-electron chi connectivity index (χ3n) is 4.86. The zero-order valence-electron chi connectivity index (χ0n) is 17.9. The van der Waals surface area contributed by atoms with Crippen LogP contribution in [0.2, 0.25) is 0 Å². The number of carbonyl (C=O) groups is 1. The van der Waals surface area contributed by atoms with Crippen LogP contribution in [0.15, 0.2) is 83.4 Å². The van der Waals surface area contributed by atoms with Crippen molar-refractivity contribution in [2.24, 2.45) is 5.14 Å². The zero-order chi connectivity index (χ0) is 24.3. The van der Waals surface area contributed by atoms with Crippen LogP contribution in [0.5, 0.6) is 0 Å². The summed E-state index contributed by atoms with van der Waals surface area (Å²) in [5.74, 6) is -0.639. The number of hydrogen-bond acceptors (Lipinski definition) is 7. The van der Waals surface area contributed by atoms with E-state index in [9.17, 15) is 18.5 Å². The van der Waals surface area contributed by atoms with Gasteiger partial charge in [0.25, 0.3) is 5.91 Å². The first kappa shape index (κ1) is 23.1. The van der Waals surface area contributed by atoms with Gasteiger partial charge < -0.3 is 10.6 Å². The number of nitrogens with two attached hydrogens (primary N) is 1. The molecular weight excluding hydrogens is 470 g/mol. The Morgan fingerprint density at radius 2 is 1.74 bits per heavy atom. The van der Waals surface area contributed by atoms with E-state index in [0.29, 0.717) is 11.4 Å². The van der Waals surface area contributed by atoms with Gasteiger partial charge >= 0.3 is 0 Å². The van der Waals surface area contributed by atoms with Crippen LogP contribution in [0.25, 0.3) is 20.8 Å². The molecule has 0 saturated carbocycles. The van der Waals surface area contributed by atoms with Crippen LogP contribution in [0, 0.1) is 18.3 Å². The molecule has 0 radical (unpaired) electrons. The van der Waals surface area contributed by atoms with Gasteiger partial charge in [0.2, 0.25) is 10.0 Å².